The number of carbonyl (C=O) groups excluding carboxylic acids is 1. The molecule has 0 radical (unpaired) electrons. The van der Waals surface area contributed by atoms with Gasteiger partial charge in [0.2, 0.25) is 5.91 Å². The number of hydrogen-bond acceptors (Lipinski definition) is 3. The SMILES string of the molecule is COc1ccc(CC(=O)Nc2cc(C)c(Cl)cc2OC)cc1F. The van der Waals surface area contributed by atoms with E-state index in [1.165, 1.54) is 26.4 Å². The van der Waals surface area contributed by atoms with Crippen LogP contribution in [0.5, 0.6) is 11.5 Å². The molecule has 0 saturated heterocycles. The molecule has 0 unspecified atom stereocenters. The third-order valence-corrected chi connectivity index (χ3v) is 3.74. The lowest BCUT2D eigenvalue weighted by atomic mass is 10.1. The van der Waals surface area contributed by atoms with Gasteiger partial charge < -0.3 is 14.8 Å². The van der Waals surface area contributed by atoms with E-state index >= 15 is 0 Å². The molecule has 122 valence electrons. The highest BCUT2D eigenvalue weighted by atomic mass is 35.5. The lowest BCUT2D eigenvalue weighted by molar-refractivity contribution is -0.115. The van der Waals surface area contributed by atoms with Crippen molar-refractivity contribution in [2.75, 3.05) is 19.5 Å². The van der Waals surface area contributed by atoms with Crippen LogP contribution in [0.1, 0.15) is 11.1 Å². The van der Waals surface area contributed by atoms with Gasteiger partial charge in [-0.1, -0.05) is 17.7 Å². The quantitative estimate of drug-likeness (QED) is 0.897. The average molecular weight is 338 g/mol. The zero-order chi connectivity index (χ0) is 17.0. The molecule has 0 aliphatic heterocycles. The maximum absolute atomic E-state index is 13.7. The summed E-state index contributed by atoms with van der Waals surface area (Å²) in [6, 6.07) is 7.78. The van der Waals surface area contributed by atoms with Crippen LogP contribution in [-0.2, 0) is 11.2 Å². The van der Waals surface area contributed by atoms with Crippen molar-refractivity contribution in [3.05, 3.63) is 52.3 Å². The smallest absolute Gasteiger partial charge is 0.228 e. The molecule has 1 amide bonds. The Morgan fingerprint density at radius 3 is 2.48 bits per heavy atom. The Hall–Kier alpha value is -2.27. The number of rotatable bonds is 5. The zero-order valence-electron chi connectivity index (χ0n) is 13.1. The van der Waals surface area contributed by atoms with E-state index < -0.39 is 5.82 Å². The monoisotopic (exact) mass is 337 g/mol. The molecule has 23 heavy (non-hydrogen) atoms. The second-order valence-electron chi connectivity index (χ2n) is 5.00. The van der Waals surface area contributed by atoms with Crippen molar-refractivity contribution in [2.24, 2.45) is 0 Å². The van der Waals surface area contributed by atoms with Crippen molar-refractivity contribution in [3.63, 3.8) is 0 Å². The maximum Gasteiger partial charge on any atom is 0.228 e. The van der Waals surface area contributed by atoms with Crippen LogP contribution in [0.3, 0.4) is 0 Å². The van der Waals surface area contributed by atoms with Gasteiger partial charge in [0, 0.05) is 11.1 Å². The van der Waals surface area contributed by atoms with E-state index in [0.29, 0.717) is 22.0 Å². The molecule has 0 atom stereocenters. The van der Waals surface area contributed by atoms with Gasteiger partial charge in [-0.3, -0.25) is 4.79 Å². The molecule has 0 aromatic heterocycles. The van der Waals surface area contributed by atoms with Crippen LogP contribution in [0.4, 0.5) is 10.1 Å². The lowest BCUT2D eigenvalue weighted by Gasteiger charge is -2.12. The van der Waals surface area contributed by atoms with Gasteiger partial charge in [-0.05, 0) is 36.2 Å². The standard InChI is InChI=1S/C17H17ClFNO3/c1-10-6-14(16(23-3)9-12(10)18)20-17(21)8-11-4-5-15(22-2)13(19)7-11/h4-7,9H,8H2,1-3H3,(H,20,21). The predicted octanol–water partition coefficient (Wildman–Crippen LogP) is 3.99. The van der Waals surface area contributed by atoms with Gasteiger partial charge >= 0.3 is 0 Å². The highest BCUT2D eigenvalue weighted by Gasteiger charge is 2.12. The van der Waals surface area contributed by atoms with E-state index in [0.717, 1.165) is 5.56 Å². The van der Waals surface area contributed by atoms with Crippen LogP contribution in [0.2, 0.25) is 5.02 Å². The van der Waals surface area contributed by atoms with Gasteiger partial charge in [-0.2, -0.15) is 0 Å². The average Bonchev–Trinajstić information content (AvgIpc) is 2.50. The van der Waals surface area contributed by atoms with E-state index in [1.807, 2.05) is 6.92 Å². The third-order valence-electron chi connectivity index (χ3n) is 3.34. The minimum Gasteiger partial charge on any atom is -0.495 e. The lowest BCUT2D eigenvalue weighted by Crippen LogP contribution is -2.15. The minimum absolute atomic E-state index is 0.0335. The summed E-state index contributed by atoms with van der Waals surface area (Å²) in [5.74, 6) is -0.175. The molecule has 0 saturated carbocycles. The number of nitrogens with one attached hydrogen (secondary N) is 1. The number of amides is 1. The minimum atomic E-state index is -0.502. The molecule has 4 nitrogen and oxygen atoms in total. The van der Waals surface area contributed by atoms with Crippen molar-refractivity contribution < 1.29 is 18.7 Å². The Labute approximate surface area is 139 Å². The number of hydrogen-bond donors (Lipinski definition) is 1. The molecule has 0 spiro atoms. The van der Waals surface area contributed by atoms with E-state index in [-0.39, 0.29) is 18.1 Å². The van der Waals surface area contributed by atoms with E-state index in [1.54, 1.807) is 18.2 Å². The topological polar surface area (TPSA) is 47.6 Å². The second kappa shape index (κ2) is 7.33. The summed E-state index contributed by atoms with van der Waals surface area (Å²) in [6.45, 7) is 1.83. The molecule has 0 aliphatic rings. The zero-order valence-corrected chi connectivity index (χ0v) is 13.8. The normalized spacial score (nSPS) is 10.3. The summed E-state index contributed by atoms with van der Waals surface area (Å²) in [5.41, 5.74) is 1.89. The second-order valence-corrected chi connectivity index (χ2v) is 5.40. The number of ether oxygens (including phenoxy) is 2. The molecule has 2 aromatic carbocycles. The summed E-state index contributed by atoms with van der Waals surface area (Å²) < 4.78 is 23.7. The van der Waals surface area contributed by atoms with Crippen LogP contribution >= 0.6 is 11.6 Å². The van der Waals surface area contributed by atoms with Crippen LogP contribution in [0.25, 0.3) is 0 Å². The first kappa shape index (κ1) is 17.1. The fourth-order valence-corrected chi connectivity index (χ4v) is 2.28. The fourth-order valence-electron chi connectivity index (χ4n) is 2.13. The number of anilines is 1. The van der Waals surface area contributed by atoms with Crippen molar-refractivity contribution in [1.29, 1.82) is 0 Å². The van der Waals surface area contributed by atoms with E-state index in [2.05, 4.69) is 5.32 Å². The van der Waals surface area contributed by atoms with Crippen LogP contribution in [0, 0.1) is 12.7 Å². The van der Waals surface area contributed by atoms with Gasteiger partial charge in [0.25, 0.3) is 0 Å². The summed E-state index contributed by atoms with van der Waals surface area (Å²) in [5, 5.41) is 3.30. The number of methoxy groups -OCH3 is 2. The number of carbonyl (C=O) groups is 1. The van der Waals surface area contributed by atoms with Gasteiger partial charge in [0.1, 0.15) is 5.75 Å². The van der Waals surface area contributed by atoms with Gasteiger partial charge in [-0.15, -0.1) is 0 Å². The Balaban J connectivity index is 2.14. The third kappa shape index (κ3) is 4.13. The highest BCUT2D eigenvalue weighted by Crippen LogP contribution is 2.31. The number of benzene rings is 2. The first-order chi connectivity index (χ1) is 10.9. The summed E-state index contributed by atoms with van der Waals surface area (Å²) in [4.78, 5) is 12.2. The van der Waals surface area contributed by atoms with Crippen molar-refractivity contribution >= 4 is 23.2 Å². The van der Waals surface area contributed by atoms with Crippen molar-refractivity contribution in [1.82, 2.24) is 0 Å². The Kier molecular flexibility index (Phi) is 5.45. The fraction of sp³-hybridized carbons (Fsp3) is 0.235. The number of aryl methyl sites for hydroxylation is 1. The largest absolute Gasteiger partial charge is 0.495 e. The van der Waals surface area contributed by atoms with Crippen LogP contribution in [0.15, 0.2) is 30.3 Å². The van der Waals surface area contributed by atoms with Crippen LogP contribution < -0.4 is 14.8 Å². The molecule has 0 heterocycles. The molecule has 0 bridgehead atoms. The predicted molar refractivity (Wildman–Crippen MR) is 88.0 cm³/mol. The van der Waals surface area contributed by atoms with Gasteiger partial charge in [0.15, 0.2) is 11.6 Å². The first-order valence-corrected chi connectivity index (χ1v) is 7.28. The molecule has 6 heteroatoms. The van der Waals surface area contributed by atoms with E-state index in [4.69, 9.17) is 21.1 Å². The molecule has 2 rings (SSSR count). The van der Waals surface area contributed by atoms with Crippen LogP contribution in [-0.4, -0.2) is 20.1 Å². The van der Waals surface area contributed by atoms with E-state index in [9.17, 15) is 9.18 Å². The Morgan fingerprint density at radius 2 is 1.87 bits per heavy atom. The summed E-state index contributed by atoms with van der Waals surface area (Å²) >= 11 is 6.03. The summed E-state index contributed by atoms with van der Waals surface area (Å²) in [6.07, 6.45) is 0.0335. The van der Waals surface area contributed by atoms with Crippen molar-refractivity contribution in [2.45, 2.75) is 13.3 Å². The first-order valence-electron chi connectivity index (χ1n) is 6.91. The van der Waals surface area contributed by atoms with Crippen molar-refractivity contribution in [3.8, 4) is 11.5 Å². The Morgan fingerprint density at radius 1 is 1.17 bits per heavy atom. The van der Waals surface area contributed by atoms with Gasteiger partial charge in [0.05, 0.1) is 26.3 Å². The number of halogens is 2. The maximum atomic E-state index is 13.7. The molecule has 1 N–H and O–H groups in total. The highest BCUT2D eigenvalue weighted by molar-refractivity contribution is 6.31. The molecule has 0 aliphatic carbocycles. The molecular weight excluding hydrogens is 321 g/mol. The van der Waals surface area contributed by atoms with Gasteiger partial charge in [-0.25, -0.2) is 4.39 Å². The molecule has 2 aromatic rings. The summed E-state index contributed by atoms with van der Waals surface area (Å²) in [7, 11) is 2.88. The Bertz CT molecular complexity index is 734. The molecule has 0 fully saturated rings. The molecular formula is C17H17ClFNO3.